The molecule has 0 aromatic heterocycles. The van der Waals surface area contributed by atoms with Gasteiger partial charge in [-0.1, -0.05) is 30.3 Å². The molecule has 2 aliphatic heterocycles. The zero-order chi connectivity index (χ0) is 15.7. The summed E-state index contributed by atoms with van der Waals surface area (Å²) in [5.41, 5.74) is 4.60. The van der Waals surface area contributed by atoms with E-state index < -0.39 is 0 Å². The molecule has 1 N–H and O–H groups in total. The van der Waals surface area contributed by atoms with E-state index in [0.717, 1.165) is 18.8 Å². The van der Waals surface area contributed by atoms with Gasteiger partial charge in [-0.3, -0.25) is 4.90 Å². The molecule has 1 fully saturated rings. The molecule has 2 aromatic rings. The number of ether oxygens (including phenoxy) is 1. The number of anilines is 1. The molecule has 0 atom stereocenters. The molecule has 23 heavy (non-hydrogen) atoms. The molecule has 0 amide bonds. The zero-order valence-corrected chi connectivity index (χ0v) is 13.7. The van der Waals surface area contributed by atoms with Crippen molar-refractivity contribution in [3.63, 3.8) is 0 Å². The summed E-state index contributed by atoms with van der Waals surface area (Å²) < 4.78 is 5.24. The van der Waals surface area contributed by atoms with E-state index in [1.54, 1.807) is 7.11 Å². The highest BCUT2D eigenvalue weighted by Crippen LogP contribution is 2.43. The van der Waals surface area contributed by atoms with Gasteiger partial charge in [0.25, 0.3) is 0 Å². The van der Waals surface area contributed by atoms with Crippen molar-refractivity contribution < 1.29 is 4.74 Å². The molecule has 0 bridgehead atoms. The second-order valence-electron chi connectivity index (χ2n) is 6.80. The van der Waals surface area contributed by atoms with Gasteiger partial charge in [0, 0.05) is 24.2 Å². The molecule has 0 aliphatic carbocycles. The number of benzene rings is 2. The Morgan fingerprint density at radius 2 is 1.78 bits per heavy atom. The summed E-state index contributed by atoms with van der Waals surface area (Å²) in [6.45, 7) is 4.47. The molecule has 3 nitrogen and oxygen atoms in total. The summed E-state index contributed by atoms with van der Waals surface area (Å²) in [4.78, 5) is 2.58. The van der Waals surface area contributed by atoms with Crippen molar-refractivity contribution in [3.8, 4) is 5.75 Å². The van der Waals surface area contributed by atoms with Crippen LogP contribution < -0.4 is 10.1 Å². The normalized spacial score (nSPS) is 19.3. The minimum absolute atomic E-state index is 0.354. The monoisotopic (exact) mass is 308 g/mol. The first kappa shape index (κ1) is 14.6. The largest absolute Gasteiger partial charge is 0.497 e. The molecule has 2 aromatic carbocycles. The smallest absolute Gasteiger partial charge is 0.118 e. The van der Waals surface area contributed by atoms with Gasteiger partial charge < -0.3 is 10.1 Å². The van der Waals surface area contributed by atoms with E-state index in [4.69, 9.17) is 4.74 Å². The molecule has 4 rings (SSSR count). The number of para-hydroxylation sites is 1. The lowest BCUT2D eigenvalue weighted by atomic mass is 9.74. The van der Waals surface area contributed by atoms with E-state index in [-0.39, 0.29) is 0 Å². The van der Waals surface area contributed by atoms with Crippen molar-refractivity contribution in [3.05, 3.63) is 59.7 Å². The minimum Gasteiger partial charge on any atom is -0.497 e. The molecular weight excluding hydrogens is 284 g/mol. The van der Waals surface area contributed by atoms with Crippen LogP contribution in [0.2, 0.25) is 0 Å². The van der Waals surface area contributed by atoms with Crippen LogP contribution in [0.1, 0.15) is 24.0 Å². The maximum atomic E-state index is 5.24. The van der Waals surface area contributed by atoms with Gasteiger partial charge in [0.05, 0.1) is 7.11 Å². The van der Waals surface area contributed by atoms with Gasteiger partial charge in [0.1, 0.15) is 5.75 Å². The second-order valence-corrected chi connectivity index (χ2v) is 6.80. The number of rotatable bonds is 3. The average Bonchev–Trinajstić information content (AvgIpc) is 2.97. The number of nitrogens with one attached hydrogen (secondary N) is 1. The zero-order valence-electron chi connectivity index (χ0n) is 13.7. The van der Waals surface area contributed by atoms with Gasteiger partial charge in [-0.05, 0) is 55.3 Å². The summed E-state index contributed by atoms with van der Waals surface area (Å²) in [6.07, 6.45) is 2.49. The third-order valence-electron chi connectivity index (χ3n) is 5.49. The number of fused-ring (bicyclic) bond motifs is 2. The van der Waals surface area contributed by atoms with Crippen LogP contribution in [0.15, 0.2) is 48.5 Å². The fraction of sp³-hybridized carbons (Fsp3) is 0.400. The first-order chi connectivity index (χ1) is 11.3. The van der Waals surface area contributed by atoms with E-state index in [0.29, 0.717) is 5.41 Å². The maximum absolute atomic E-state index is 5.24. The Kier molecular flexibility index (Phi) is 3.74. The van der Waals surface area contributed by atoms with Crippen molar-refractivity contribution in [1.29, 1.82) is 0 Å². The number of likely N-dealkylation sites (tertiary alicyclic amines) is 1. The Hall–Kier alpha value is -2.00. The predicted octanol–water partition coefficient (Wildman–Crippen LogP) is 3.65. The fourth-order valence-electron chi connectivity index (χ4n) is 4.03. The fourth-order valence-corrected chi connectivity index (χ4v) is 4.03. The molecular formula is C20H24N2O. The van der Waals surface area contributed by atoms with Gasteiger partial charge >= 0.3 is 0 Å². The third kappa shape index (κ3) is 2.70. The summed E-state index contributed by atoms with van der Waals surface area (Å²) in [5.74, 6) is 0.931. The first-order valence-electron chi connectivity index (χ1n) is 8.48. The number of nitrogens with zero attached hydrogens (tertiary/aromatic N) is 1. The Morgan fingerprint density at radius 3 is 2.52 bits per heavy atom. The van der Waals surface area contributed by atoms with Crippen LogP contribution in [0.25, 0.3) is 0 Å². The van der Waals surface area contributed by atoms with Crippen LogP contribution in [0.5, 0.6) is 5.75 Å². The molecule has 2 heterocycles. The van der Waals surface area contributed by atoms with Crippen LogP contribution >= 0.6 is 0 Å². The summed E-state index contributed by atoms with van der Waals surface area (Å²) in [6, 6.07) is 17.3. The lowest BCUT2D eigenvalue weighted by molar-refractivity contribution is 0.162. The quantitative estimate of drug-likeness (QED) is 0.936. The SMILES string of the molecule is COc1ccc(CN2CCC3(CC2)CNc2ccccc23)cc1. The molecule has 120 valence electrons. The summed E-state index contributed by atoms with van der Waals surface area (Å²) in [7, 11) is 1.71. The highest BCUT2D eigenvalue weighted by molar-refractivity contribution is 5.60. The molecule has 1 spiro atoms. The second kappa shape index (κ2) is 5.89. The van der Waals surface area contributed by atoms with Crippen LogP contribution in [-0.2, 0) is 12.0 Å². The molecule has 1 saturated heterocycles. The first-order valence-corrected chi connectivity index (χ1v) is 8.48. The van der Waals surface area contributed by atoms with E-state index in [9.17, 15) is 0 Å². The van der Waals surface area contributed by atoms with Crippen molar-refractivity contribution >= 4 is 5.69 Å². The lowest BCUT2D eigenvalue weighted by Crippen LogP contribution is -2.43. The minimum atomic E-state index is 0.354. The Bertz CT molecular complexity index is 672. The van der Waals surface area contributed by atoms with Crippen molar-refractivity contribution in [2.24, 2.45) is 0 Å². The van der Waals surface area contributed by atoms with Crippen molar-refractivity contribution in [2.45, 2.75) is 24.8 Å². The number of piperidine rings is 1. The lowest BCUT2D eigenvalue weighted by Gasteiger charge is -2.39. The van der Waals surface area contributed by atoms with Crippen molar-refractivity contribution in [2.75, 3.05) is 32.1 Å². The summed E-state index contributed by atoms with van der Waals surface area (Å²) in [5, 5.41) is 3.61. The van der Waals surface area contributed by atoms with E-state index in [1.165, 1.54) is 42.7 Å². The molecule has 0 unspecified atom stereocenters. The molecule has 2 aliphatic rings. The standard InChI is InChI=1S/C20H24N2O/c1-23-17-8-6-16(7-9-17)14-22-12-10-20(11-13-22)15-21-19-5-3-2-4-18(19)20/h2-9,21H,10-15H2,1H3. The van der Waals surface area contributed by atoms with Gasteiger partial charge in [0.15, 0.2) is 0 Å². The van der Waals surface area contributed by atoms with Gasteiger partial charge in [0.2, 0.25) is 0 Å². The molecule has 3 heteroatoms. The van der Waals surface area contributed by atoms with Gasteiger partial charge in [-0.25, -0.2) is 0 Å². The topological polar surface area (TPSA) is 24.5 Å². The predicted molar refractivity (Wildman–Crippen MR) is 94.1 cm³/mol. The maximum Gasteiger partial charge on any atom is 0.118 e. The number of methoxy groups -OCH3 is 1. The summed E-state index contributed by atoms with van der Waals surface area (Å²) >= 11 is 0. The van der Waals surface area contributed by atoms with Crippen LogP contribution in [-0.4, -0.2) is 31.6 Å². The van der Waals surface area contributed by atoms with Crippen LogP contribution in [0.4, 0.5) is 5.69 Å². The molecule has 0 radical (unpaired) electrons. The molecule has 0 saturated carbocycles. The number of hydrogen-bond acceptors (Lipinski definition) is 3. The highest BCUT2D eigenvalue weighted by Gasteiger charge is 2.40. The van der Waals surface area contributed by atoms with E-state index >= 15 is 0 Å². The number of hydrogen-bond donors (Lipinski definition) is 1. The Labute approximate surface area is 138 Å². The Balaban J connectivity index is 1.41. The van der Waals surface area contributed by atoms with Gasteiger partial charge in [-0.2, -0.15) is 0 Å². The van der Waals surface area contributed by atoms with Crippen LogP contribution in [0.3, 0.4) is 0 Å². The van der Waals surface area contributed by atoms with Crippen LogP contribution in [0, 0.1) is 0 Å². The van der Waals surface area contributed by atoms with Crippen molar-refractivity contribution in [1.82, 2.24) is 4.90 Å². The van der Waals surface area contributed by atoms with E-state index in [2.05, 4.69) is 58.7 Å². The average molecular weight is 308 g/mol. The highest BCUT2D eigenvalue weighted by atomic mass is 16.5. The third-order valence-corrected chi connectivity index (χ3v) is 5.49. The van der Waals surface area contributed by atoms with Gasteiger partial charge in [-0.15, -0.1) is 0 Å². The van der Waals surface area contributed by atoms with E-state index in [1.807, 2.05) is 0 Å². The Morgan fingerprint density at radius 1 is 1.04 bits per heavy atom.